The first-order valence-electron chi connectivity index (χ1n) is 6.50. The molecule has 0 rings (SSSR count). The van der Waals surface area contributed by atoms with Crippen molar-refractivity contribution in [1.29, 1.82) is 0 Å². The summed E-state index contributed by atoms with van der Waals surface area (Å²) in [4.78, 5) is 3.21. The molecule has 4 nitrogen and oxygen atoms in total. The Balaban J connectivity index is -0.000000516. The zero-order valence-corrected chi connectivity index (χ0v) is 13.1. The SMILES string of the molecule is C/C=C/O.C=C/C=N/NC(=N/C=C/CC=C)C(F)(F)F.CC. The number of halogens is 3. The maximum atomic E-state index is 12.3. The first kappa shape index (κ1) is 24.7. The third-order valence-corrected chi connectivity index (χ3v) is 1.38. The fraction of sp³-hybridized carbons (Fsp3) is 0.333. The number of nitrogens with one attached hydrogen (secondary N) is 1. The summed E-state index contributed by atoms with van der Waals surface area (Å²) in [5.41, 5.74) is 1.78. The monoisotopic (exact) mass is 319 g/mol. The maximum absolute atomic E-state index is 12.3. The third-order valence-electron chi connectivity index (χ3n) is 1.38. The number of hydrogen-bond donors (Lipinski definition) is 2. The second-order valence-corrected chi connectivity index (χ2v) is 2.99. The van der Waals surface area contributed by atoms with Crippen molar-refractivity contribution in [2.24, 2.45) is 10.1 Å². The minimum atomic E-state index is -4.57. The van der Waals surface area contributed by atoms with Crippen LogP contribution in [0.2, 0.25) is 0 Å². The van der Waals surface area contributed by atoms with Gasteiger partial charge in [-0.1, -0.05) is 38.7 Å². The van der Waals surface area contributed by atoms with Gasteiger partial charge in [0, 0.05) is 12.4 Å². The number of amidine groups is 1. The molecule has 0 aliphatic heterocycles. The van der Waals surface area contributed by atoms with Crippen LogP contribution < -0.4 is 5.43 Å². The first-order chi connectivity index (χ1) is 10.4. The fourth-order valence-corrected chi connectivity index (χ4v) is 0.601. The molecule has 22 heavy (non-hydrogen) atoms. The molecule has 0 radical (unpaired) electrons. The molecule has 0 unspecified atom stereocenters. The topological polar surface area (TPSA) is 57.0 Å². The lowest BCUT2D eigenvalue weighted by molar-refractivity contribution is -0.0617. The number of alkyl halides is 3. The average molecular weight is 319 g/mol. The van der Waals surface area contributed by atoms with Gasteiger partial charge in [-0.3, -0.25) is 5.43 Å². The summed E-state index contributed by atoms with van der Waals surface area (Å²) < 4.78 is 36.9. The lowest BCUT2D eigenvalue weighted by atomic mass is 10.4. The van der Waals surface area contributed by atoms with Crippen molar-refractivity contribution in [3.8, 4) is 0 Å². The number of aliphatic hydroxyl groups excluding tert-OH is 1. The van der Waals surface area contributed by atoms with Gasteiger partial charge in [0.1, 0.15) is 0 Å². The molecular formula is C15H24F3N3O. The molecule has 0 aliphatic rings. The van der Waals surface area contributed by atoms with Gasteiger partial charge in [0.15, 0.2) is 0 Å². The number of hydrogen-bond acceptors (Lipinski definition) is 3. The summed E-state index contributed by atoms with van der Waals surface area (Å²) in [7, 11) is 0. The summed E-state index contributed by atoms with van der Waals surface area (Å²) >= 11 is 0. The van der Waals surface area contributed by atoms with Gasteiger partial charge in [0.2, 0.25) is 5.84 Å². The Morgan fingerprint density at radius 3 is 2.18 bits per heavy atom. The molecule has 0 saturated carbocycles. The predicted octanol–water partition coefficient (Wildman–Crippen LogP) is 4.90. The molecule has 0 heterocycles. The molecule has 0 spiro atoms. The first-order valence-corrected chi connectivity index (χ1v) is 6.50. The van der Waals surface area contributed by atoms with Gasteiger partial charge >= 0.3 is 6.18 Å². The Morgan fingerprint density at radius 1 is 1.27 bits per heavy atom. The number of aliphatic hydroxyl groups is 1. The number of allylic oxidation sites excluding steroid dienone is 4. The highest BCUT2D eigenvalue weighted by Gasteiger charge is 2.35. The van der Waals surface area contributed by atoms with E-state index in [2.05, 4.69) is 23.3 Å². The minimum Gasteiger partial charge on any atom is -0.516 e. The van der Waals surface area contributed by atoms with Gasteiger partial charge in [-0.25, -0.2) is 4.99 Å². The van der Waals surface area contributed by atoms with Crippen LogP contribution in [0.5, 0.6) is 0 Å². The fourth-order valence-electron chi connectivity index (χ4n) is 0.601. The summed E-state index contributed by atoms with van der Waals surface area (Å²) in [6.07, 6.45) is 4.80. The van der Waals surface area contributed by atoms with Gasteiger partial charge in [-0.15, -0.1) is 6.58 Å². The highest BCUT2D eigenvalue weighted by Crippen LogP contribution is 2.15. The minimum absolute atomic E-state index is 0.449. The molecule has 0 fully saturated rings. The number of rotatable bonds is 5. The van der Waals surface area contributed by atoms with Crippen LogP contribution in [-0.4, -0.2) is 23.3 Å². The van der Waals surface area contributed by atoms with E-state index < -0.39 is 12.0 Å². The van der Waals surface area contributed by atoms with Crippen LogP contribution in [0.1, 0.15) is 27.2 Å². The standard InChI is InChI=1S/C10H12F3N3.C3H6O.C2H6/c1-3-5-6-8-14-9(10(11,12)13)16-15-7-4-2;1-2-3-4;1-2/h3-4,6-8H,1-2,5H2,(H,14,16);2-4H,1H3;1-2H3/b8-6+,15-7+;3-2+;. The van der Waals surface area contributed by atoms with Crippen molar-refractivity contribution in [1.82, 2.24) is 5.43 Å². The van der Waals surface area contributed by atoms with Crippen LogP contribution in [0.4, 0.5) is 13.2 Å². The normalized spacial score (nSPS) is 11.6. The van der Waals surface area contributed by atoms with Crippen molar-refractivity contribution < 1.29 is 18.3 Å². The highest BCUT2D eigenvalue weighted by atomic mass is 19.4. The summed E-state index contributed by atoms with van der Waals surface area (Å²) in [5.74, 6) is -1.19. The lowest BCUT2D eigenvalue weighted by Crippen LogP contribution is -2.33. The van der Waals surface area contributed by atoms with Crippen LogP contribution in [-0.2, 0) is 0 Å². The molecule has 0 aromatic carbocycles. The molecule has 0 aliphatic carbocycles. The van der Waals surface area contributed by atoms with Gasteiger partial charge in [0.25, 0.3) is 0 Å². The van der Waals surface area contributed by atoms with Crippen LogP contribution in [0.3, 0.4) is 0 Å². The molecule has 2 N–H and O–H groups in total. The van der Waals surface area contributed by atoms with Gasteiger partial charge in [-0.05, 0) is 19.4 Å². The Morgan fingerprint density at radius 2 is 1.82 bits per heavy atom. The molecule has 0 saturated heterocycles. The second kappa shape index (κ2) is 18.7. The Hall–Kier alpha value is -2.31. The van der Waals surface area contributed by atoms with E-state index in [1.165, 1.54) is 12.2 Å². The van der Waals surface area contributed by atoms with Gasteiger partial charge < -0.3 is 5.11 Å². The molecular weight excluding hydrogens is 295 g/mol. The van der Waals surface area contributed by atoms with Gasteiger partial charge in [-0.2, -0.15) is 18.3 Å². The van der Waals surface area contributed by atoms with Crippen LogP contribution in [0, 0.1) is 0 Å². The van der Waals surface area contributed by atoms with Crippen molar-refractivity contribution in [2.45, 2.75) is 33.4 Å². The average Bonchev–Trinajstić information content (AvgIpc) is 2.51. The quantitative estimate of drug-likeness (QED) is 0.249. The summed E-state index contributed by atoms with van der Waals surface area (Å²) in [5, 5.41) is 11.0. The molecule has 0 atom stereocenters. The molecule has 126 valence electrons. The number of nitrogens with zero attached hydrogens (tertiary/aromatic N) is 2. The van der Waals surface area contributed by atoms with Crippen molar-refractivity contribution in [2.75, 3.05) is 0 Å². The van der Waals surface area contributed by atoms with E-state index in [0.717, 1.165) is 18.7 Å². The largest absolute Gasteiger partial charge is 0.516 e. The molecule has 0 aromatic heterocycles. The van der Waals surface area contributed by atoms with Crippen molar-refractivity contribution in [3.63, 3.8) is 0 Å². The second-order valence-electron chi connectivity index (χ2n) is 2.99. The Labute approximate surface area is 130 Å². The predicted molar refractivity (Wildman–Crippen MR) is 88.1 cm³/mol. The van der Waals surface area contributed by atoms with E-state index >= 15 is 0 Å². The van der Waals surface area contributed by atoms with E-state index in [-0.39, 0.29) is 0 Å². The van der Waals surface area contributed by atoms with E-state index in [4.69, 9.17) is 5.11 Å². The van der Waals surface area contributed by atoms with Crippen LogP contribution in [0.25, 0.3) is 0 Å². The maximum Gasteiger partial charge on any atom is 0.450 e. The number of aliphatic imine (C=N–C) groups is 1. The van der Waals surface area contributed by atoms with Crippen LogP contribution >= 0.6 is 0 Å². The number of hydrazone groups is 1. The van der Waals surface area contributed by atoms with E-state index in [1.807, 2.05) is 13.8 Å². The van der Waals surface area contributed by atoms with E-state index in [0.29, 0.717) is 6.42 Å². The summed E-state index contributed by atoms with van der Waals surface area (Å²) in [6.45, 7) is 12.4. The molecule has 0 amide bonds. The zero-order chi connectivity index (χ0) is 17.9. The van der Waals surface area contributed by atoms with E-state index in [9.17, 15) is 13.2 Å². The van der Waals surface area contributed by atoms with Gasteiger partial charge in [0.05, 0.1) is 6.26 Å². The highest BCUT2D eigenvalue weighted by molar-refractivity contribution is 5.88. The lowest BCUT2D eigenvalue weighted by Gasteiger charge is -2.07. The Bertz CT molecular complexity index is 380. The summed E-state index contributed by atoms with van der Waals surface area (Å²) in [6, 6.07) is 0. The van der Waals surface area contributed by atoms with Crippen LogP contribution in [0.15, 0.2) is 60.0 Å². The molecule has 0 aromatic rings. The Kier molecular flexibility index (Phi) is 21.0. The van der Waals surface area contributed by atoms with Crippen molar-refractivity contribution in [3.05, 3.63) is 49.9 Å². The third kappa shape index (κ3) is 20.0. The molecule has 0 bridgehead atoms. The van der Waals surface area contributed by atoms with Crippen molar-refractivity contribution >= 4 is 12.1 Å². The zero-order valence-electron chi connectivity index (χ0n) is 13.1. The molecule has 7 heteroatoms. The van der Waals surface area contributed by atoms with E-state index in [1.54, 1.807) is 24.5 Å². The smallest absolute Gasteiger partial charge is 0.450 e.